The van der Waals surface area contributed by atoms with Gasteiger partial charge in [-0.25, -0.2) is 30.7 Å². The molecule has 0 aliphatic rings. The first-order valence-corrected chi connectivity index (χ1v) is 9.01. The second-order valence-electron chi connectivity index (χ2n) is 6.64. The summed E-state index contributed by atoms with van der Waals surface area (Å²) in [5.74, 6) is -12.1. The Morgan fingerprint density at radius 3 is 1.70 bits per heavy atom. The maximum atomic E-state index is 14.5. The number of hydrogen-bond donors (Lipinski definition) is 0. The molecule has 0 aromatic heterocycles. The summed E-state index contributed by atoms with van der Waals surface area (Å²) in [5, 5.41) is 0. The number of halogens is 7. The SMILES string of the molecule is CCCc1ccc(-c2cc(F)c(/C(F)=C(/F)c3cc(F)c(F)c(F)c3)c(F)c2)cc1. The van der Waals surface area contributed by atoms with Crippen LogP contribution in [0.5, 0.6) is 0 Å². The van der Waals surface area contributed by atoms with Crippen molar-refractivity contribution in [3.8, 4) is 11.1 Å². The fraction of sp³-hybridized carbons (Fsp3) is 0.130. The van der Waals surface area contributed by atoms with E-state index in [1.54, 1.807) is 24.3 Å². The van der Waals surface area contributed by atoms with Gasteiger partial charge in [0.05, 0.1) is 5.56 Å². The zero-order valence-electron chi connectivity index (χ0n) is 15.7. The van der Waals surface area contributed by atoms with Crippen LogP contribution in [0.1, 0.15) is 30.0 Å². The minimum absolute atomic E-state index is 0.101. The molecule has 0 unspecified atom stereocenters. The Labute approximate surface area is 168 Å². The van der Waals surface area contributed by atoms with Crippen LogP contribution >= 0.6 is 0 Å². The van der Waals surface area contributed by atoms with Crippen molar-refractivity contribution in [2.24, 2.45) is 0 Å². The summed E-state index contributed by atoms with van der Waals surface area (Å²) in [4.78, 5) is 0. The van der Waals surface area contributed by atoms with Crippen molar-refractivity contribution in [1.82, 2.24) is 0 Å². The fourth-order valence-corrected chi connectivity index (χ4v) is 3.02. The van der Waals surface area contributed by atoms with Gasteiger partial charge in [-0.1, -0.05) is 37.6 Å². The molecule has 30 heavy (non-hydrogen) atoms. The van der Waals surface area contributed by atoms with E-state index in [2.05, 4.69) is 0 Å². The normalized spacial score (nSPS) is 12.1. The summed E-state index contributed by atoms with van der Waals surface area (Å²) in [7, 11) is 0. The molecular formula is C23H15F7. The lowest BCUT2D eigenvalue weighted by Crippen LogP contribution is -1.98. The molecular weight excluding hydrogens is 409 g/mol. The van der Waals surface area contributed by atoms with Crippen LogP contribution in [-0.4, -0.2) is 0 Å². The standard InChI is InChI=1S/C23H15F7/c1-2-3-12-4-6-13(7-5-12)14-8-16(24)20(17(25)9-14)23(30)21(28)15-10-18(26)22(29)19(27)11-15/h4-11H,2-3H2,1H3/b23-21-. The van der Waals surface area contributed by atoms with Crippen LogP contribution in [0.25, 0.3) is 22.8 Å². The summed E-state index contributed by atoms with van der Waals surface area (Å²) in [6.07, 6.45) is 1.76. The van der Waals surface area contributed by atoms with Crippen molar-refractivity contribution in [2.45, 2.75) is 19.8 Å². The third-order valence-corrected chi connectivity index (χ3v) is 4.52. The summed E-state index contributed by atoms with van der Waals surface area (Å²) >= 11 is 0. The first-order chi connectivity index (χ1) is 14.2. The highest BCUT2D eigenvalue weighted by atomic mass is 19.2. The van der Waals surface area contributed by atoms with E-state index in [1.165, 1.54) is 0 Å². The third-order valence-electron chi connectivity index (χ3n) is 4.52. The lowest BCUT2D eigenvalue weighted by atomic mass is 9.99. The van der Waals surface area contributed by atoms with Crippen LogP contribution in [0.15, 0.2) is 48.5 Å². The first kappa shape index (κ1) is 21.6. The van der Waals surface area contributed by atoms with Crippen molar-refractivity contribution in [3.05, 3.63) is 94.3 Å². The van der Waals surface area contributed by atoms with Gasteiger partial charge in [-0.2, -0.15) is 0 Å². The van der Waals surface area contributed by atoms with Gasteiger partial charge in [0.2, 0.25) is 0 Å². The van der Waals surface area contributed by atoms with Crippen molar-refractivity contribution < 1.29 is 30.7 Å². The van der Waals surface area contributed by atoms with E-state index in [1.807, 2.05) is 6.92 Å². The molecule has 0 nitrogen and oxygen atoms in total. The molecule has 0 saturated heterocycles. The molecule has 0 radical (unpaired) electrons. The Morgan fingerprint density at radius 2 is 1.20 bits per heavy atom. The molecule has 0 saturated carbocycles. The topological polar surface area (TPSA) is 0 Å². The van der Waals surface area contributed by atoms with Gasteiger partial charge in [-0.15, -0.1) is 0 Å². The van der Waals surface area contributed by atoms with Crippen molar-refractivity contribution in [3.63, 3.8) is 0 Å². The molecule has 0 spiro atoms. The fourth-order valence-electron chi connectivity index (χ4n) is 3.02. The molecule has 0 amide bonds. The summed E-state index contributed by atoms with van der Waals surface area (Å²) in [6, 6.07) is 8.91. The van der Waals surface area contributed by atoms with Gasteiger partial charge in [-0.05, 0) is 47.4 Å². The minimum Gasteiger partial charge on any atom is -0.206 e. The Kier molecular flexibility index (Phi) is 6.29. The molecule has 156 valence electrons. The predicted octanol–water partition coefficient (Wildman–Crippen LogP) is 7.77. The minimum atomic E-state index is -2.00. The van der Waals surface area contributed by atoms with Crippen LogP contribution in [0.4, 0.5) is 30.7 Å². The molecule has 0 aliphatic heterocycles. The third kappa shape index (κ3) is 4.25. The summed E-state index contributed by atoms with van der Waals surface area (Å²) in [5.41, 5.74) is -0.758. The molecule has 7 heteroatoms. The highest BCUT2D eigenvalue weighted by Gasteiger charge is 2.23. The summed E-state index contributed by atoms with van der Waals surface area (Å²) < 4.78 is 97.2. The second-order valence-corrected chi connectivity index (χ2v) is 6.64. The van der Waals surface area contributed by atoms with Gasteiger partial charge < -0.3 is 0 Å². The van der Waals surface area contributed by atoms with Crippen LogP contribution in [0.3, 0.4) is 0 Å². The van der Waals surface area contributed by atoms with Gasteiger partial charge in [0.15, 0.2) is 29.1 Å². The largest absolute Gasteiger partial charge is 0.206 e. The maximum absolute atomic E-state index is 14.5. The number of aryl methyl sites for hydroxylation is 1. The maximum Gasteiger partial charge on any atom is 0.194 e. The highest BCUT2D eigenvalue weighted by molar-refractivity contribution is 5.84. The van der Waals surface area contributed by atoms with E-state index < -0.39 is 51.9 Å². The van der Waals surface area contributed by atoms with Crippen molar-refractivity contribution in [2.75, 3.05) is 0 Å². The monoisotopic (exact) mass is 424 g/mol. The molecule has 0 heterocycles. The van der Waals surface area contributed by atoms with E-state index in [0.29, 0.717) is 5.56 Å². The molecule has 3 rings (SSSR count). The molecule has 0 bridgehead atoms. The Morgan fingerprint density at radius 1 is 0.667 bits per heavy atom. The molecule has 0 fully saturated rings. The molecule has 3 aromatic rings. The number of hydrogen-bond acceptors (Lipinski definition) is 0. The van der Waals surface area contributed by atoms with Crippen LogP contribution in [0.2, 0.25) is 0 Å². The van der Waals surface area contributed by atoms with E-state index in [9.17, 15) is 30.7 Å². The zero-order valence-corrected chi connectivity index (χ0v) is 15.7. The average Bonchev–Trinajstić information content (AvgIpc) is 2.71. The average molecular weight is 424 g/mol. The van der Waals surface area contributed by atoms with Crippen LogP contribution < -0.4 is 0 Å². The number of benzene rings is 3. The smallest absolute Gasteiger partial charge is 0.194 e. The number of rotatable bonds is 5. The Balaban J connectivity index is 2.03. The van der Waals surface area contributed by atoms with Gasteiger partial charge in [0.25, 0.3) is 0 Å². The summed E-state index contributed by atoms with van der Waals surface area (Å²) in [6.45, 7) is 2.01. The first-order valence-electron chi connectivity index (χ1n) is 9.01. The van der Waals surface area contributed by atoms with Gasteiger partial charge in [-0.3, -0.25) is 0 Å². The van der Waals surface area contributed by atoms with Crippen molar-refractivity contribution in [1.29, 1.82) is 0 Å². The zero-order chi connectivity index (χ0) is 22.0. The quantitative estimate of drug-likeness (QED) is 0.223. The highest BCUT2D eigenvalue weighted by Crippen LogP contribution is 2.35. The van der Waals surface area contributed by atoms with E-state index in [4.69, 9.17) is 0 Å². The van der Waals surface area contributed by atoms with E-state index in [0.717, 1.165) is 30.5 Å². The van der Waals surface area contributed by atoms with Gasteiger partial charge in [0, 0.05) is 5.56 Å². The van der Waals surface area contributed by atoms with Gasteiger partial charge >= 0.3 is 0 Å². The molecule has 0 N–H and O–H groups in total. The Hall–Kier alpha value is -3.09. The van der Waals surface area contributed by atoms with E-state index >= 15 is 0 Å². The lowest BCUT2D eigenvalue weighted by molar-refractivity contribution is 0.446. The van der Waals surface area contributed by atoms with Gasteiger partial charge in [0.1, 0.15) is 11.6 Å². The van der Waals surface area contributed by atoms with E-state index in [-0.39, 0.29) is 17.7 Å². The molecule has 0 atom stereocenters. The Bertz CT molecular complexity index is 1070. The molecule has 3 aromatic carbocycles. The van der Waals surface area contributed by atoms with Crippen LogP contribution in [-0.2, 0) is 6.42 Å². The van der Waals surface area contributed by atoms with Crippen molar-refractivity contribution >= 4 is 11.7 Å². The van der Waals surface area contributed by atoms with Crippen LogP contribution in [0, 0.1) is 29.1 Å². The lowest BCUT2D eigenvalue weighted by Gasteiger charge is -2.09. The predicted molar refractivity (Wildman–Crippen MR) is 101 cm³/mol. The second kappa shape index (κ2) is 8.73. The molecule has 0 aliphatic carbocycles.